The van der Waals surface area contributed by atoms with Crippen molar-refractivity contribution in [3.8, 4) is 0 Å². The number of amides is 1. The normalized spacial score (nSPS) is 22.1. The Balaban J connectivity index is 3.09. The van der Waals surface area contributed by atoms with Gasteiger partial charge in [0.15, 0.2) is 14.1 Å². The summed E-state index contributed by atoms with van der Waals surface area (Å²) in [5.74, 6) is -0.626. The Morgan fingerprint density at radius 1 is 0.952 bits per heavy atom. The minimum absolute atomic E-state index is 0.0474. The summed E-state index contributed by atoms with van der Waals surface area (Å²) in [4.78, 5) is 39.1. The van der Waals surface area contributed by atoms with Crippen LogP contribution < -0.4 is 5.32 Å². The molecule has 0 radical (unpaired) electrons. The zero-order valence-corrected chi connectivity index (χ0v) is 31.3. The minimum Gasteiger partial charge on any atom is -0.518 e. The second-order valence-corrected chi connectivity index (χ2v) is 25.1. The average molecular weight is 626 g/mol. The first kappa shape index (κ1) is 38.7. The molecule has 7 nitrogen and oxygen atoms in total. The van der Waals surface area contributed by atoms with Gasteiger partial charge < -0.3 is 18.9 Å². The van der Waals surface area contributed by atoms with Crippen LogP contribution in [0.4, 0.5) is 0 Å². The van der Waals surface area contributed by atoms with Gasteiger partial charge in [0.1, 0.15) is 0 Å². The highest BCUT2D eigenvalue weighted by Gasteiger charge is 2.50. The Morgan fingerprint density at radius 2 is 1.50 bits per heavy atom. The van der Waals surface area contributed by atoms with Crippen molar-refractivity contribution in [2.45, 2.75) is 162 Å². The van der Waals surface area contributed by atoms with Gasteiger partial charge >= 0.3 is 0 Å². The van der Waals surface area contributed by atoms with Crippen LogP contribution in [0.5, 0.6) is 0 Å². The van der Waals surface area contributed by atoms with E-state index in [4.69, 9.17) is 13.6 Å². The quantitative estimate of drug-likeness (QED) is 0.147. The molecule has 9 heteroatoms. The standard InChI is InChI=1S/C33H63NO6Si2/c1-15-16-27(35)19-28-18-17-25(8)29(38-28)20-31(36)34-21-30(39-41(13,14)33(10,11)12)26(9)32(37)40-42(22(2)3,23(4)5)24(6)7/h15-16,22-26,28-30H,17-21H2,1-14H3,(H,34,36)/b16-15+/t25-,26-,28+,29-,30+/m1/s1. The van der Waals surface area contributed by atoms with Gasteiger partial charge in [0.05, 0.1) is 30.7 Å². The Morgan fingerprint density at radius 3 is 1.98 bits per heavy atom. The molecule has 0 aromatic heterocycles. The van der Waals surface area contributed by atoms with Crippen molar-refractivity contribution in [2.24, 2.45) is 11.8 Å². The predicted molar refractivity (Wildman–Crippen MR) is 177 cm³/mol. The molecule has 42 heavy (non-hydrogen) atoms. The molecule has 0 aliphatic carbocycles. The fraction of sp³-hybridized carbons (Fsp3) is 0.848. The highest BCUT2D eigenvalue weighted by Crippen LogP contribution is 2.43. The lowest BCUT2D eigenvalue weighted by atomic mass is 9.90. The van der Waals surface area contributed by atoms with E-state index in [0.717, 1.165) is 12.8 Å². The molecule has 1 fully saturated rings. The monoisotopic (exact) mass is 625 g/mol. The van der Waals surface area contributed by atoms with Crippen LogP contribution in [0.25, 0.3) is 0 Å². The number of carbonyl (C=O) groups excluding carboxylic acids is 3. The van der Waals surface area contributed by atoms with Crippen molar-refractivity contribution >= 4 is 34.3 Å². The van der Waals surface area contributed by atoms with Crippen LogP contribution >= 0.6 is 0 Å². The largest absolute Gasteiger partial charge is 0.518 e. The highest BCUT2D eigenvalue weighted by atomic mass is 28.4. The Bertz CT molecular complexity index is 902. The number of carbonyl (C=O) groups is 3. The van der Waals surface area contributed by atoms with E-state index >= 15 is 0 Å². The molecule has 1 aliphatic heterocycles. The van der Waals surface area contributed by atoms with Crippen molar-refractivity contribution in [3.63, 3.8) is 0 Å². The molecular weight excluding hydrogens is 563 g/mol. The summed E-state index contributed by atoms with van der Waals surface area (Å²) in [6.45, 7) is 29.9. The van der Waals surface area contributed by atoms with Crippen molar-refractivity contribution in [1.29, 1.82) is 0 Å². The van der Waals surface area contributed by atoms with Crippen LogP contribution in [0, 0.1) is 11.8 Å². The lowest BCUT2D eigenvalue weighted by Gasteiger charge is -2.44. The Hall–Kier alpha value is -1.30. The lowest BCUT2D eigenvalue weighted by Crippen LogP contribution is -2.54. The van der Waals surface area contributed by atoms with E-state index in [0.29, 0.717) is 6.42 Å². The van der Waals surface area contributed by atoms with E-state index in [2.05, 4.69) is 87.6 Å². The number of allylic oxidation sites excluding steroid dienone is 2. The number of nitrogens with one attached hydrogen (secondary N) is 1. The van der Waals surface area contributed by atoms with Crippen LogP contribution in [-0.4, -0.2) is 59.2 Å². The van der Waals surface area contributed by atoms with Crippen LogP contribution in [0.1, 0.15) is 109 Å². The molecule has 0 bridgehead atoms. The van der Waals surface area contributed by atoms with Crippen molar-refractivity contribution in [2.75, 3.05) is 6.54 Å². The number of hydrogen-bond acceptors (Lipinski definition) is 6. The minimum atomic E-state index is -2.43. The van der Waals surface area contributed by atoms with Crippen LogP contribution in [0.15, 0.2) is 12.2 Å². The molecular formula is C33H63NO6Si2. The van der Waals surface area contributed by atoms with E-state index < -0.39 is 28.7 Å². The van der Waals surface area contributed by atoms with Gasteiger partial charge in [-0.15, -0.1) is 0 Å². The summed E-state index contributed by atoms with van der Waals surface area (Å²) >= 11 is 0. The van der Waals surface area contributed by atoms with E-state index in [1.165, 1.54) is 0 Å². The number of rotatable bonds is 15. The fourth-order valence-electron chi connectivity index (χ4n) is 6.08. The first-order valence-corrected chi connectivity index (χ1v) is 21.2. The molecule has 0 aromatic rings. The van der Waals surface area contributed by atoms with Gasteiger partial charge in [-0.05, 0) is 73.4 Å². The van der Waals surface area contributed by atoms with E-state index in [9.17, 15) is 14.4 Å². The molecule has 0 spiro atoms. The summed E-state index contributed by atoms with van der Waals surface area (Å²) in [6, 6.07) is 0. The topological polar surface area (TPSA) is 90.9 Å². The molecule has 1 amide bonds. The van der Waals surface area contributed by atoms with Crippen LogP contribution in [0.3, 0.4) is 0 Å². The number of ether oxygens (including phenoxy) is 1. The van der Waals surface area contributed by atoms with Gasteiger partial charge in [0.25, 0.3) is 14.3 Å². The van der Waals surface area contributed by atoms with E-state index in [1.807, 2.05) is 13.8 Å². The first-order valence-electron chi connectivity index (χ1n) is 16.2. The van der Waals surface area contributed by atoms with E-state index in [-0.39, 0.29) is 70.4 Å². The molecule has 1 aliphatic rings. The second kappa shape index (κ2) is 16.1. The summed E-state index contributed by atoms with van der Waals surface area (Å²) in [5.41, 5.74) is 0.841. The SMILES string of the molecule is C/C=C/C(=O)C[C@@H]1CC[C@@H](C)[C@@H](CC(=O)NC[C@H](O[Si](C)(C)C(C)(C)C)[C@@H](C)C(=O)O[Si](C(C)C)(C(C)C)C(C)C)O1. The first-order chi connectivity index (χ1) is 19.2. The maximum absolute atomic E-state index is 13.8. The molecule has 244 valence electrons. The number of hydrogen-bond donors (Lipinski definition) is 1. The molecule has 5 atom stereocenters. The molecule has 0 aromatic carbocycles. The zero-order chi connectivity index (χ0) is 32.6. The summed E-state index contributed by atoms with van der Waals surface area (Å²) < 4.78 is 19.5. The molecule has 1 saturated heterocycles. The maximum atomic E-state index is 13.8. The molecule has 1 heterocycles. The molecule has 1 N–H and O–H groups in total. The maximum Gasteiger partial charge on any atom is 0.298 e. The molecule has 0 unspecified atom stereocenters. The van der Waals surface area contributed by atoms with Gasteiger partial charge in [0.2, 0.25) is 5.91 Å². The van der Waals surface area contributed by atoms with Crippen LogP contribution in [-0.2, 0) is 28.0 Å². The molecule has 0 saturated carbocycles. The van der Waals surface area contributed by atoms with Crippen molar-refractivity contribution in [1.82, 2.24) is 5.32 Å². The number of ketones is 1. The smallest absolute Gasteiger partial charge is 0.298 e. The van der Waals surface area contributed by atoms with Gasteiger partial charge in [-0.3, -0.25) is 14.4 Å². The van der Waals surface area contributed by atoms with Gasteiger partial charge in [-0.25, -0.2) is 0 Å². The summed E-state index contributed by atoms with van der Waals surface area (Å²) in [6.07, 6.45) is 4.69. The van der Waals surface area contributed by atoms with Gasteiger partial charge in [0, 0.05) is 13.0 Å². The molecule has 1 rings (SSSR count). The Labute approximate surface area is 259 Å². The van der Waals surface area contributed by atoms with E-state index in [1.54, 1.807) is 12.2 Å². The van der Waals surface area contributed by atoms with Crippen molar-refractivity contribution in [3.05, 3.63) is 12.2 Å². The van der Waals surface area contributed by atoms with Crippen molar-refractivity contribution < 1.29 is 28.0 Å². The third-order valence-corrected chi connectivity index (χ3v) is 20.3. The summed E-state index contributed by atoms with van der Waals surface area (Å²) in [5, 5.41) is 3.01. The zero-order valence-electron chi connectivity index (χ0n) is 29.3. The lowest BCUT2D eigenvalue weighted by molar-refractivity contribution is -0.144. The van der Waals surface area contributed by atoms with Gasteiger partial charge in [-0.1, -0.05) is 75.3 Å². The average Bonchev–Trinajstić information content (AvgIpc) is 2.85. The second-order valence-electron chi connectivity index (χ2n) is 15.0. The van der Waals surface area contributed by atoms with Crippen LogP contribution in [0.2, 0.25) is 34.8 Å². The third-order valence-electron chi connectivity index (χ3n) is 9.78. The Kier molecular flexibility index (Phi) is 14.9. The highest BCUT2D eigenvalue weighted by molar-refractivity contribution is 6.79. The summed E-state index contributed by atoms with van der Waals surface area (Å²) in [7, 11) is -4.69. The predicted octanol–water partition coefficient (Wildman–Crippen LogP) is 7.96. The fourth-order valence-corrected chi connectivity index (χ4v) is 12.7. The third kappa shape index (κ3) is 10.4. The van der Waals surface area contributed by atoms with Gasteiger partial charge in [-0.2, -0.15) is 0 Å².